The van der Waals surface area contributed by atoms with Gasteiger partial charge in [-0.3, -0.25) is 0 Å². The van der Waals surface area contributed by atoms with Crippen molar-refractivity contribution >= 4 is 23.4 Å². The maximum atomic E-state index is 12.8. The molecular formula is C19H27NO5S. The van der Waals surface area contributed by atoms with Crippen LogP contribution in [0.5, 0.6) is 0 Å². The molecule has 144 valence electrons. The molecule has 3 rings (SSSR count). The Hall–Kier alpha value is -1.60. The first-order valence-electron chi connectivity index (χ1n) is 9.13. The van der Waals surface area contributed by atoms with Gasteiger partial charge in [0.05, 0.1) is 5.56 Å². The van der Waals surface area contributed by atoms with Crippen LogP contribution >= 0.6 is 11.3 Å². The molecule has 7 heteroatoms. The van der Waals surface area contributed by atoms with Crippen molar-refractivity contribution in [2.75, 3.05) is 19.8 Å². The molecule has 1 aliphatic carbocycles. The van der Waals surface area contributed by atoms with Crippen LogP contribution in [0.2, 0.25) is 0 Å². The third-order valence-electron chi connectivity index (χ3n) is 4.81. The molecular weight excluding hydrogens is 354 g/mol. The normalized spacial score (nSPS) is 23.5. The number of ether oxygens (including phenoxy) is 2. The van der Waals surface area contributed by atoms with Gasteiger partial charge in [0.1, 0.15) is 5.60 Å². The zero-order chi connectivity index (χ0) is 18.9. The van der Waals surface area contributed by atoms with Gasteiger partial charge >= 0.3 is 12.1 Å². The van der Waals surface area contributed by atoms with E-state index in [1.54, 1.807) is 11.4 Å². The summed E-state index contributed by atoms with van der Waals surface area (Å²) >= 11 is 1.46. The van der Waals surface area contributed by atoms with Crippen LogP contribution in [0.15, 0.2) is 11.4 Å². The standard InChI is InChI=1S/C19H27NO5S/c1-19(2,3)25-18(23)20(10-12-4-6-24-7-5-12)15-9-14(15)16-8-13(11-26-16)17(21)22/h8,11-12,14-15H,4-7,9-10H2,1-3H3,(H,21,22)/t14-,15-/m1/s1. The Morgan fingerprint density at radius 1 is 1.35 bits per heavy atom. The molecule has 1 aliphatic heterocycles. The van der Waals surface area contributed by atoms with Gasteiger partial charge in [-0.05, 0) is 52.0 Å². The fourth-order valence-corrected chi connectivity index (χ4v) is 4.42. The zero-order valence-electron chi connectivity index (χ0n) is 15.6. The second-order valence-corrected chi connectivity index (χ2v) is 9.08. The molecule has 1 aromatic heterocycles. The van der Waals surface area contributed by atoms with E-state index in [0.717, 1.165) is 37.4 Å². The van der Waals surface area contributed by atoms with Gasteiger partial charge in [-0.25, -0.2) is 9.59 Å². The van der Waals surface area contributed by atoms with Crippen LogP contribution in [-0.4, -0.2) is 53.5 Å². The Kier molecular flexibility index (Phi) is 5.58. The average Bonchev–Trinajstić information content (AvgIpc) is 3.18. The molecule has 2 aliphatic rings. The molecule has 0 aromatic carbocycles. The lowest BCUT2D eigenvalue weighted by Crippen LogP contribution is -2.42. The van der Waals surface area contributed by atoms with Crippen LogP contribution in [0.25, 0.3) is 0 Å². The molecule has 0 bridgehead atoms. The lowest BCUT2D eigenvalue weighted by Gasteiger charge is -2.32. The van der Waals surface area contributed by atoms with E-state index in [9.17, 15) is 9.59 Å². The highest BCUT2D eigenvalue weighted by Crippen LogP contribution is 2.47. The minimum absolute atomic E-state index is 0.0907. The number of carbonyl (C=O) groups is 2. The van der Waals surface area contributed by atoms with Crippen molar-refractivity contribution in [2.24, 2.45) is 5.92 Å². The number of nitrogens with zero attached hydrogens (tertiary/aromatic N) is 1. The Morgan fingerprint density at radius 3 is 2.62 bits per heavy atom. The summed E-state index contributed by atoms with van der Waals surface area (Å²) in [7, 11) is 0. The number of carboxylic acids is 1. The summed E-state index contributed by atoms with van der Waals surface area (Å²) in [6.07, 6.45) is 2.51. The summed E-state index contributed by atoms with van der Waals surface area (Å²) < 4.78 is 11.1. The van der Waals surface area contributed by atoms with Gasteiger partial charge in [-0.2, -0.15) is 0 Å². The second-order valence-electron chi connectivity index (χ2n) is 8.14. The van der Waals surface area contributed by atoms with Crippen molar-refractivity contribution in [2.45, 2.75) is 57.6 Å². The highest BCUT2D eigenvalue weighted by molar-refractivity contribution is 7.10. The summed E-state index contributed by atoms with van der Waals surface area (Å²) in [5, 5.41) is 10.8. The fourth-order valence-electron chi connectivity index (χ4n) is 3.36. The average molecular weight is 381 g/mol. The molecule has 1 saturated carbocycles. The molecule has 0 spiro atoms. The van der Waals surface area contributed by atoms with E-state index in [1.165, 1.54) is 11.3 Å². The third-order valence-corrected chi connectivity index (χ3v) is 5.88. The van der Waals surface area contributed by atoms with Crippen LogP contribution in [0.4, 0.5) is 4.79 Å². The van der Waals surface area contributed by atoms with E-state index in [4.69, 9.17) is 14.6 Å². The Bertz CT molecular complexity index is 659. The maximum absolute atomic E-state index is 12.8. The Labute approximate surface area is 158 Å². The quantitative estimate of drug-likeness (QED) is 0.835. The Balaban J connectivity index is 1.70. The number of thiophene rings is 1. The van der Waals surface area contributed by atoms with Gasteiger partial charge in [-0.15, -0.1) is 11.3 Å². The molecule has 1 saturated heterocycles. The van der Waals surface area contributed by atoms with E-state index in [0.29, 0.717) is 18.0 Å². The van der Waals surface area contributed by atoms with Crippen molar-refractivity contribution < 1.29 is 24.2 Å². The summed E-state index contributed by atoms with van der Waals surface area (Å²) in [5.74, 6) is -0.271. The van der Waals surface area contributed by atoms with Gasteiger partial charge < -0.3 is 19.5 Å². The molecule has 1 N–H and O–H groups in total. The van der Waals surface area contributed by atoms with Gasteiger partial charge in [0.25, 0.3) is 0 Å². The lowest BCUT2D eigenvalue weighted by atomic mass is 9.99. The van der Waals surface area contributed by atoms with Gasteiger partial charge in [-0.1, -0.05) is 0 Å². The van der Waals surface area contributed by atoms with Crippen LogP contribution in [0.1, 0.15) is 61.2 Å². The largest absolute Gasteiger partial charge is 0.478 e. The number of carbonyl (C=O) groups excluding carboxylic acids is 1. The highest BCUT2D eigenvalue weighted by atomic mass is 32.1. The number of amides is 1. The number of rotatable bonds is 5. The molecule has 2 heterocycles. The molecule has 1 aromatic rings. The van der Waals surface area contributed by atoms with Crippen molar-refractivity contribution in [1.29, 1.82) is 0 Å². The van der Waals surface area contributed by atoms with Crippen molar-refractivity contribution in [3.05, 3.63) is 21.9 Å². The predicted octanol–water partition coefficient (Wildman–Crippen LogP) is 3.97. The molecule has 0 unspecified atom stereocenters. The Morgan fingerprint density at radius 2 is 2.04 bits per heavy atom. The monoisotopic (exact) mass is 381 g/mol. The van der Waals surface area contributed by atoms with Crippen LogP contribution in [0.3, 0.4) is 0 Å². The topological polar surface area (TPSA) is 76.1 Å². The minimum atomic E-state index is -0.907. The number of carboxylic acid groups (broad SMARTS) is 1. The second kappa shape index (κ2) is 7.56. The lowest BCUT2D eigenvalue weighted by molar-refractivity contribution is 0.0100. The smallest absolute Gasteiger partial charge is 0.410 e. The first-order valence-corrected chi connectivity index (χ1v) is 10.0. The van der Waals surface area contributed by atoms with E-state index < -0.39 is 11.6 Å². The highest BCUT2D eigenvalue weighted by Gasteiger charge is 2.47. The van der Waals surface area contributed by atoms with E-state index in [1.807, 2.05) is 25.7 Å². The maximum Gasteiger partial charge on any atom is 0.410 e. The SMILES string of the molecule is CC(C)(C)OC(=O)N(CC1CCOCC1)[C@@H]1C[C@H]1c1cc(C(=O)O)cs1. The van der Waals surface area contributed by atoms with Gasteiger partial charge in [0, 0.05) is 42.0 Å². The molecule has 1 amide bonds. The van der Waals surface area contributed by atoms with Crippen LogP contribution in [-0.2, 0) is 9.47 Å². The molecule has 0 radical (unpaired) electrons. The number of aromatic carboxylic acids is 1. The number of hydrogen-bond donors (Lipinski definition) is 1. The minimum Gasteiger partial charge on any atom is -0.478 e. The summed E-state index contributed by atoms with van der Waals surface area (Å²) in [6.45, 7) is 7.79. The van der Waals surface area contributed by atoms with Crippen LogP contribution < -0.4 is 0 Å². The molecule has 26 heavy (non-hydrogen) atoms. The third kappa shape index (κ3) is 4.76. The molecule has 2 fully saturated rings. The number of hydrogen-bond acceptors (Lipinski definition) is 5. The van der Waals surface area contributed by atoms with Crippen molar-refractivity contribution in [3.63, 3.8) is 0 Å². The first-order chi connectivity index (χ1) is 12.2. The van der Waals surface area contributed by atoms with Crippen molar-refractivity contribution in [3.8, 4) is 0 Å². The molecule has 6 nitrogen and oxygen atoms in total. The van der Waals surface area contributed by atoms with Gasteiger partial charge in [0.2, 0.25) is 0 Å². The summed E-state index contributed by atoms with van der Waals surface area (Å²) in [6, 6.07) is 1.83. The zero-order valence-corrected chi connectivity index (χ0v) is 16.4. The van der Waals surface area contributed by atoms with Crippen LogP contribution in [0, 0.1) is 5.92 Å². The van der Waals surface area contributed by atoms with E-state index in [2.05, 4.69) is 0 Å². The first kappa shape index (κ1) is 19.2. The fraction of sp³-hybridized carbons (Fsp3) is 0.684. The summed E-state index contributed by atoms with van der Waals surface area (Å²) in [4.78, 5) is 26.8. The van der Waals surface area contributed by atoms with Gasteiger partial charge in [0.15, 0.2) is 0 Å². The molecule has 2 atom stereocenters. The van der Waals surface area contributed by atoms with Crippen molar-refractivity contribution in [1.82, 2.24) is 4.90 Å². The summed E-state index contributed by atoms with van der Waals surface area (Å²) in [5.41, 5.74) is -0.210. The van der Waals surface area contributed by atoms with E-state index in [-0.39, 0.29) is 18.1 Å². The van der Waals surface area contributed by atoms with E-state index >= 15 is 0 Å². The predicted molar refractivity (Wildman–Crippen MR) is 98.9 cm³/mol.